The largest absolute Gasteiger partial charge is 0.493 e. The van der Waals surface area contributed by atoms with Crippen molar-refractivity contribution >= 4 is 28.1 Å². The fraction of sp³-hybridized carbons (Fsp3) is 0.222. The summed E-state index contributed by atoms with van der Waals surface area (Å²) in [7, 11) is 0.329. The summed E-state index contributed by atoms with van der Waals surface area (Å²) in [5.41, 5.74) is 1.42. The highest BCUT2D eigenvalue weighted by molar-refractivity contribution is 7.89. The zero-order valence-corrected chi connectivity index (χ0v) is 22.1. The van der Waals surface area contributed by atoms with Gasteiger partial charge in [0.15, 0.2) is 23.0 Å². The third kappa shape index (κ3) is 5.76. The molecule has 1 aliphatic rings. The SMILES string of the molecule is COc1ccc(/C=C/c2c(CCNS(=O)(=O)c3ccc(F)cc3)cc3c(c2OC)OCO3)c(C(=O)O)c1OC. The number of carboxylic acids is 1. The number of hydrogen-bond donors (Lipinski definition) is 2. The second-order valence-electron chi connectivity index (χ2n) is 8.22. The fourth-order valence-corrected chi connectivity index (χ4v) is 5.19. The van der Waals surface area contributed by atoms with Crippen molar-refractivity contribution in [2.75, 3.05) is 34.7 Å². The van der Waals surface area contributed by atoms with E-state index in [0.717, 1.165) is 12.1 Å². The molecule has 1 heterocycles. The van der Waals surface area contributed by atoms with E-state index in [0.29, 0.717) is 33.9 Å². The van der Waals surface area contributed by atoms with Crippen LogP contribution in [0.3, 0.4) is 0 Å². The minimum Gasteiger partial charge on any atom is -0.493 e. The lowest BCUT2D eigenvalue weighted by Gasteiger charge is -2.15. The monoisotopic (exact) mass is 559 g/mol. The molecule has 4 rings (SSSR count). The van der Waals surface area contributed by atoms with Crippen LogP contribution < -0.4 is 28.4 Å². The van der Waals surface area contributed by atoms with E-state index < -0.39 is 21.8 Å². The molecule has 0 fully saturated rings. The quantitative estimate of drug-likeness (QED) is 0.335. The van der Waals surface area contributed by atoms with E-state index in [1.165, 1.54) is 33.5 Å². The minimum atomic E-state index is -3.88. The van der Waals surface area contributed by atoms with E-state index in [4.69, 9.17) is 23.7 Å². The number of hydrogen-bond acceptors (Lipinski definition) is 8. The molecule has 0 saturated carbocycles. The van der Waals surface area contributed by atoms with Crippen LogP contribution in [0.2, 0.25) is 0 Å². The molecule has 2 N–H and O–H groups in total. The molecule has 0 bridgehead atoms. The van der Waals surface area contributed by atoms with E-state index in [-0.39, 0.29) is 41.7 Å². The summed E-state index contributed by atoms with van der Waals surface area (Å²) >= 11 is 0. The number of fused-ring (bicyclic) bond motifs is 1. The number of sulfonamides is 1. The molecule has 0 unspecified atom stereocenters. The number of carbonyl (C=O) groups is 1. The first kappa shape index (κ1) is 27.7. The Morgan fingerprint density at radius 3 is 2.38 bits per heavy atom. The molecule has 10 nitrogen and oxygen atoms in total. The number of rotatable bonds is 11. The lowest BCUT2D eigenvalue weighted by Crippen LogP contribution is -2.26. The van der Waals surface area contributed by atoms with Gasteiger partial charge < -0.3 is 28.8 Å². The highest BCUT2D eigenvalue weighted by atomic mass is 32.2. The van der Waals surface area contributed by atoms with Gasteiger partial charge in [-0.05, 0) is 53.9 Å². The van der Waals surface area contributed by atoms with Crippen LogP contribution in [0.1, 0.15) is 27.0 Å². The topological polar surface area (TPSA) is 130 Å². The van der Waals surface area contributed by atoms with Gasteiger partial charge in [-0.15, -0.1) is 0 Å². The third-order valence-corrected chi connectivity index (χ3v) is 7.46. The molecule has 1 aliphatic heterocycles. The second kappa shape index (κ2) is 11.6. The summed E-state index contributed by atoms with van der Waals surface area (Å²) in [5.74, 6) is -0.273. The zero-order valence-electron chi connectivity index (χ0n) is 21.3. The summed E-state index contributed by atoms with van der Waals surface area (Å²) in [6.07, 6.45) is 3.45. The molecule has 206 valence electrons. The number of aromatic carboxylic acids is 1. The Morgan fingerprint density at radius 2 is 1.74 bits per heavy atom. The van der Waals surface area contributed by atoms with E-state index in [2.05, 4.69) is 4.72 Å². The third-order valence-electron chi connectivity index (χ3n) is 5.98. The van der Waals surface area contributed by atoms with Gasteiger partial charge in [0, 0.05) is 12.1 Å². The molecule has 0 spiro atoms. The Bertz CT molecular complexity index is 1520. The molecular weight excluding hydrogens is 533 g/mol. The molecule has 0 radical (unpaired) electrons. The predicted molar refractivity (Wildman–Crippen MR) is 140 cm³/mol. The number of benzene rings is 3. The average molecular weight is 560 g/mol. The van der Waals surface area contributed by atoms with Crippen molar-refractivity contribution < 1.29 is 46.4 Å². The molecule has 0 aliphatic carbocycles. The van der Waals surface area contributed by atoms with Crippen LogP contribution in [0.15, 0.2) is 47.4 Å². The zero-order chi connectivity index (χ0) is 28.2. The second-order valence-corrected chi connectivity index (χ2v) is 9.99. The normalized spacial score (nSPS) is 12.5. The maximum Gasteiger partial charge on any atom is 0.340 e. The minimum absolute atomic E-state index is 0.0000818. The van der Waals surface area contributed by atoms with Gasteiger partial charge in [0.2, 0.25) is 22.6 Å². The highest BCUT2D eigenvalue weighted by Crippen LogP contribution is 2.46. The van der Waals surface area contributed by atoms with Gasteiger partial charge in [-0.25, -0.2) is 22.3 Å². The van der Waals surface area contributed by atoms with Gasteiger partial charge in [-0.1, -0.05) is 18.2 Å². The van der Waals surface area contributed by atoms with Crippen LogP contribution in [0, 0.1) is 5.82 Å². The average Bonchev–Trinajstić information content (AvgIpc) is 3.39. The van der Waals surface area contributed by atoms with Crippen molar-refractivity contribution in [3.63, 3.8) is 0 Å². The molecule has 0 aromatic heterocycles. The Hall–Kier alpha value is -4.29. The predicted octanol–water partition coefficient (Wildman–Crippen LogP) is 3.97. The highest BCUT2D eigenvalue weighted by Gasteiger charge is 2.25. The summed E-state index contributed by atoms with van der Waals surface area (Å²) in [6.45, 7) is -0.0194. The number of carboxylic acid groups (broad SMARTS) is 1. The van der Waals surface area contributed by atoms with Gasteiger partial charge in [-0.2, -0.15) is 0 Å². The lowest BCUT2D eigenvalue weighted by atomic mass is 9.99. The summed E-state index contributed by atoms with van der Waals surface area (Å²) < 4.78 is 68.3. The first-order chi connectivity index (χ1) is 18.7. The number of ether oxygens (including phenoxy) is 5. The Labute approximate surface area is 224 Å². The summed E-state index contributed by atoms with van der Waals surface area (Å²) in [4.78, 5) is 12.0. The number of nitrogens with one attached hydrogen (secondary N) is 1. The lowest BCUT2D eigenvalue weighted by molar-refractivity contribution is 0.0692. The van der Waals surface area contributed by atoms with Crippen LogP contribution in [0.4, 0.5) is 4.39 Å². The van der Waals surface area contributed by atoms with Crippen LogP contribution in [0.25, 0.3) is 12.2 Å². The maximum atomic E-state index is 13.2. The van der Waals surface area contributed by atoms with E-state index in [1.54, 1.807) is 30.4 Å². The molecule has 0 saturated heterocycles. The Morgan fingerprint density at radius 1 is 1.03 bits per heavy atom. The van der Waals surface area contributed by atoms with E-state index >= 15 is 0 Å². The Kier molecular flexibility index (Phi) is 8.27. The van der Waals surface area contributed by atoms with Crippen LogP contribution in [-0.2, 0) is 16.4 Å². The van der Waals surface area contributed by atoms with Crippen molar-refractivity contribution in [3.8, 4) is 28.7 Å². The Balaban J connectivity index is 1.70. The van der Waals surface area contributed by atoms with Gasteiger partial charge in [0.25, 0.3) is 0 Å². The molecule has 39 heavy (non-hydrogen) atoms. The summed E-state index contributed by atoms with van der Waals surface area (Å²) in [5, 5.41) is 9.86. The number of halogens is 1. The van der Waals surface area contributed by atoms with Crippen molar-refractivity contribution in [2.24, 2.45) is 0 Å². The van der Waals surface area contributed by atoms with Crippen molar-refractivity contribution in [1.29, 1.82) is 0 Å². The van der Waals surface area contributed by atoms with Gasteiger partial charge in [-0.3, -0.25) is 0 Å². The first-order valence-corrected chi connectivity index (χ1v) is 13.1. The molecule has 0 atom stereocenters. The molecule has 3 aromatic rings. The fourth-order valence-electron chi connectivity index (χ4n) is 4.16. The van der Waals surface area contributed by atoms with Crippen molar-refractivity contribution in [1.82, 2.24) is 4.72 Å². The standard InChI is InChI=1S/C27H26FNO9S/c1-34-21-11-5-16(23(27(30)31)25(21)36-3)4-10-20-17(14-22-26(24(20)35-2)38-15-37-22)12-13-29-39(32,33)19-8-6-18(28)7-9-19/h4-11,14,29H,12-13,15H2,1-3H3,(H,30,31)/b10-4+. The van der Waals surface area contributed by atoms with Crippen molar-refractivity contribution in [3.05, 3.63) is 70.5 Å². The smallest absolute Gasteiger partial charge is 0.340 e. The van der Waals surface area contributed by atoms with E-state index in [1.807, 2.05) is 0 Å². The molecule has 3 aromatic carbocycles. The first-order valence-electron chi connectivity index (χ1n) is 11.6. The maximum absolute atomic E-state index is 13.2. The van der Waals surface area contributed by atoms with Gasteiger partial charge in [0.1, 0.15) is 11.4 Å². The number of methoxy groups -OCH3 is 3. The summed E-state index contributed by atoms with van der Waals surface area (Å²) in [6, 6.07) is 9.38. The van der Waals surface area contributed by atoms with Gasteiger partial charge in [0.05, 0.1) is 26.2 Å². The van der Waals surface area contributed by atoms with E-state index in [9.17, 15) is 22.7 Å². The van der Waals surface area contributed by atoms with Crippen molar-refractivity contribution in [2.45, 2.75) is 11.3 Å². The molecule has 12 heteroatoms. The van der Waals surface area contributed by atoms with Crippen LogP contribution >= 0.6 is 0 Å². The molecule has 0 amide bonds. The van der Waals surface area contributed by atoms with Crippen LogP contribution in [0.5, 0.6) is 28.7 Å². The van der Waals surface area contributed by atoms with Gasteiger partial charge >= 0.3 is 5.97 Å². The molecular formula is C27H26FNO9S. The van der Waals surface area contributed by atoms with Crippen LogP contribution in [-0.4, -0.2) is 54.2 Å².